The zero-order valence-corrected chi connectivity index (χ0v) is 12.3. The predicted molar refractivity (Wildman–Crippen MR) is 79.7 cm³/mol. The number of hydrogen-bond acceptors (Lipinski definition) is 3. The van der Waals surface area contributed by atoms with E-state index in [1.54, 1.807) is 24.1 Å². The van der Waals surface area contributed by atoms with Crippen LogP contribution in [0.3, 0.4) is 0 Å². The van der Waals surface area contributed by atoms with Crippen LogP contribution in [0.15, 0.2) is 35.5 Å². The molecule has 3 N–H and O–H groups in total. The predicted octanol–water partition coefficient (Wildman–Crippen LogP) is 2.02. The van der Waals surface area contributed by atoms with Gasteiger partial charge in [0.25, 0.3) is 0 Å². The standard InChI is InChI=1S/C15H23N3O2/c1-4-11(2)10-18(3)15(19)13(14(16)17-20)12-8-6-5-7-9-12/h5-9,11,13,20H,4,10H2,1-3H3,(H2,16,17). The summed E-state index contributed by atoms with van der Waals surface area (Å²) in [5.74, 6) is -0.577. The van der Waals surface area contributed by atoms with E-state index in [-0.39, 0.29) is 11.7 Å². The molecule has 0 aliphatic rings. The zero-order chi connectivity index (χ0) is 15.1. The van der Waals surface area contributed by atoms with Crippen LogP contribution in [-0.4, -0.2) is 35.4 Å². The average molecular weight is 277 g/mol. The number of amidine groups is 1. The molecule has 1 aromatic carbocycles. The summed E-state index contributed by atoms with van der Waals surface area (Å²) in [7, 11) is 1.75. The van der Waals surface area contributed by atoms with Gasteiger partial charge in [-0.3, -0.25) is 4.79 Å². The maximum Gasteiger partial charge on any atom is 0.237 e. The fraction of sp³-hybridized carbons (Fsp3) is 0.467. The lowest BCUT2D eigenvalue weighted by Crippen LogP contribution is -2.40. The largest absolute Gasteiger partial charge is 0.409 e. The first kappa shape index (κ1) is 16.0. The minimum Gasteiger partial charge on any atom is -0.409 e. The summed E-state index contributed by atoms with van der Waals surface area (Å²) >= 11 is 0. The van der Waals surface area contributed by atoms with Crippen molar-refractivity contribution in [2.45, 2.75) is 26.2 Å². The van der Waals surface area contributed by atoms with Gasteiger partial charge in [-0.05, 0) is 11.5 Å². The van der Waals surface area contributed by atoms with Crippen molar-refractivity contribution in [2.75, 3.05) is 13.6 Å². The number of carbonyl (C=O) groups excluding carboxylic acids is 1. The van der Waals surface area contributed by atoms with Crippen LogP contribution in [0.1, 0.15) is 31.7 Å². The molecule has 110 valence electrons. The lowest BCUT2D eigenvalue weighted by atomic mass is 9.96. The molecule has 1 aromatic rings. The number of amides is 1. The van der Waals surface area contributed by atoms with E-state index in [0.717, 1.165) is 12.0 Å². The first-order valence-corrected chi connectivity index (χ1v) is 6.78. The Morgan fingerprint density at radius 2 is 2.00 bits per heavy atom. The number of rotatable bonds is 6. The van der Waals surface area contributed by atoms with Crippen LogP contribution in [0, 0.1) is 5.92 Å². The quantitative estimate of drug-likeness (QED) is 0.361. The molecule has 20 heavy (non-hydrogen) atoms. The van der Waals surface area contributed by atoms with Crippen molar-refractivity contribution in [1.29, 1.82) is 0 Å². The molecule has 1 rings (SSSR count). The Hall–Kier alpha value is -2.04. The molecular weight excluding hydrogens is 254 g/mol. The zero-order valence-electron chi connectivity index (χ0n) is 12.3. The van der Waals surface area contributed by atoms with Crippen molar-refractivity contribution < 1.29 is 10.0 Å². The van der Waals surface area contributed by atoms with Crippen LogP contribution >= 0.6 is 0 Å². The van der Waals surface area contributed by atoms with E-state index in [1.807, 2.05) is 18.2 Å². The maximum absolute atomic E-state index is 12.5. The second-order valence-electron chi connectivity index (χ2n) is 5.10. The van der Waals surface area contributed by atoms with Crippen molar-refractivity contribution in [3.63, 3.8) is 0 Å². The number of carbonyl (C=O) groups is 1. The minimum absolute atomic E-state index is 0.0859. The highest BCUT2D eigenvalue weighted by Gasteiger charge is 2.28. The van der Waals surface area contributed by atoms with E-state index in [0.29, 0.717) is 12.5 Å². The van der Waals surface area contributed by atoms with E-state index < -0.39 is 5.92 Å². The lowest BCUT2D eigenvalue weighted by Gasteiger charge is -2.25. The van der Waals surface area contributed by atoms with Gasteiger partial charge in [0.2, 0.25) is 5.91 Å². The van der Waals surface area contributed by atoms with Crippen molar-refractivity contribution in [1.82, 2.24) is 4.90 Å². The number of nitrogens with two attached hydrogens (primary N) is 1. The summed E-state index contributed by atoms with van der Waals surface area (Å²) in [6.07, 6.45) is 0.997. The number of benzene rings is 1. The Bertz CT molecular complexity index is 459. The van der Waals surface area contributed by atoms with E-state index in [4.69, 9.17) is 10.9 Å². The third kappa shape index (κ3) is 3.98. The number of oxime groups is 1. The number of nitrogens with zero attached hydrogens (tertiary/aromatic N) is 2. The molecule has 0 spiro atoms. The topological polar surface area (TPSA) is 78.9 Å². The summed E-state index contributed by atoms with van der Waals surface area (Å²) < 4.78 is 0. The van der Waals surface area contributed by atoms with Crippen molar-refractivity contribution in [3.8, 4) is 0 Å². The summed E-state index contributed by atoms with van der Waals surface area (Å²) in [4.78, 5) is 14.2. The van der Waals surface area contributed by atoms with E-state index in [9.17, 15) is 4.79 Å². The molecular formula is C15H23N3O2. The monoisotopic (exact) mass is 277 g/mol. The van der Waals surface area contributed by atoms with Gasteiger partial charge >= 0.3 is 0 Å². The van der Waals surface area contributed by atoms with Gasteiger partial charge in [-0.1, -0.05) is 55.8 Å². The van der Waals surface area contributed by atoms with Crippen LogP contribution in [0.25, 0.3) is 0 Å². The van der Waals surface area contributed by atoms with Gasteiger partial charge in [0.05, 0.1) is 0 Å². The molecule has 0 saturated heterocycles. The molecule has 0 saturated carbocycles. The lowest BCUT2D eigenvalue weighted by molar-refractivity contribution is -0.130. The Labute approximate surface area is 120 Å². The molecule has 0 heterocycles. The highest BCUT2D eigenvalue weighted by molar-refractivity contribution is 6.07. The SMILES string of the molecule is CCC(C)CN(C)C(=O)C(C(N)=NO)c1ccccc1. The molecule has 5 heteroatoms. The Morgan fingerprint density at radius 3 is 2.50 bits per heavy atom. The van der Waals surface area contributed by atoms with Gasteiger partial charge < -0.3 is 15.8 Å². The van der Waals surface area contributed by atoms with Crippen LogP contribution < -0.4 is 5.73 Å². The van der Waals surface area contributed by atoms with Gasteiger partial charge in [-0.2, -0.15) is 0 Å². The molecule has 0 fully saturated rings. The third-order valence-corrected chi connectivity index (χ3v) is 3.45. The van der Waals surface area contributed by atoms with E-state index in [1.165, 1.54) is 0 Å². The van der Waals surface area contributed by atoms with Gasteiger partial charge in [-0.15, -0.1) is 0 Å². The van der Waals surface area contributed by atoms with Crippen molar-refractivity contribution in [2.24, 2.45) is 16.8 Å². The van der Waals surface area contributed by atoms with Crippen molar-refractivity contribution in [3.05, 3.63) is 35.9 Å². The second-order valence-corrected chi connectivity index (χ2v) is 5.10. The molecule has 1 amide bonds. The number of hydrogen-bond donors (Lipinski definition) is 2. The average Bonchev–Trinajstić information content (AvgIpc) is 2.47. The van der Waals surface area contributed by atoms with Crippen LogP contribution in [0.5, 0.6) is 0 Å². The fourth-order valence-corrected chi connectivity index (χ4v) is 2.05. The molecule has 0 aromatic heterocycles. The van der Waals surface area contributed by atoms with Crippen molar-refractivity contribution >= 4 is 11.7 Å². The molecule has 0 aliphatic heterocycles. The highest BCUT2D eigenvalue weighted by atomic mass is 16.4. The molecule has 5 nitrogen and oxygen atoms in total. The molecule has 2 unspecified atom stereocenters. The first-order chi connectivity index (χ1) is 9.51. The van der Waals surface area contributed by atoms with Crippen LogP contribution in [-0.2, 0) is 4.79 Å². The summed E-state index contributed by atoms with van der Waals surface area (Å²) in [5, 5.41) is 11.9. The minimum atomic E-state index is -0.741. The van der Waals surface area contributed by atoms with Gasteiger partial charge in [0.15, 0.2) is 5.84 Å². The normalized spacial score (nSPS) is 14.7. The fourth-order valence-electron chi connectivity index (χ4n) is 2.05. The summed E-state index contributed by atoms with van der Waals surface area (Å²) in [6, 6.07) is 9.12. The molecule has 0 bridgehead atoms. The Kier molecular flexibility index (Phi) is 6.03. The van der Waals surface area contributed by atoms with Gasteiger partial charge in [-0.25, -0.2) is 0 Å². The highest BCUT2D eigenvalue weighted by Crippen LogP contribution is 2.19. The summed E-state index contributed by atoms with van der Waals surface area (Å²) in [6.45, 7) is 4.82. The van der Waals surface area contributed by atoms with E-state index in [2.05, 4.69) is 19.0 Å². The Balaban J connectivity index is 2.98. The van der Waals surface area contributed by atoms with Gasteiger partial charge in [0.1, 0.15) is 5.92 Å². The number of likely N-dealkylation sites (N-methyl/N-ethyl adjacent to an activating group) is 1. The molecule has 2 atom stereocenters. The first-order valence-electron chi connectivity index (χ1n) is 6.78. The maximum atomic E-state index is 12.5. The second kappa shape index (κ2) is 7.53. The van der Waals surface area contributed by atoms with E-state index >= 15 is 0 Å². The smallest absolute Gasteiger partial charge is 0.237 e. The van der Waals surface area contributed by atoms with Gasteiger partial charge in [0, 0.05) is 13.6 Å². The molecule has 0 aliphatic carbocycles. The summed E-state index contributed by atoms with van der Waals surface area (Å²) in [5.41, 5.74) is 6.43. The third-order valence-electron chi connectivity index (χ3n) is 3.45. The van der Waals surface area contributed by atoms with Crippen LogP contribution in [0.4, 0.5) is 0 Å². The Morgan fingerprint density at radius 1 is 1.40 bits per heavy atom. The molecule has 0 radical (unpaired) electrons. The van der Waals surface area contributed by atoms with Crippen LogP contribution in [0.2, 0.25) is 0 Å².